The van der Waals surface area contributed by atoms with E-state index < -0.39 is 56.4 Å². The second kappa shape index (κ2) is 9.62. The molecular formula is C24H16Cl2F4N2O4S. The topological polar surface area (TPSA) is 85.2 Å². The smallest absolute Gasteiger partial charge is 0.331 e. The van der Waals surface area contributed by atoms with Crippen LogP contribution in [0, 0.1) is 5.82 Å². The van der Waals surface area contributed by atoms with Crippen molar-refractivity contribution in [2.75, 3.05) is 6.26 Å². The molecule has 0 atom stereocenters. The molecule has 0 unspecified atom stereocenters. The minimum Gasteiger partial charge on any atom is -0.331 e. The van der Waals surface area contributed by atoms with Crippen LogP contribution in [0.1, 0.15) is 33.6 Å². The molecule has 1 N–H and O–H groups in total. The van der Waals surface area contributed by atoms with Gasteiger partial charge in [0.1, 0.15) is 11.5 Å². The van der Waals surface area contributed by atoms with Gasteiger partial charge in [-0.2, -0.15) is 13.2 Å². The van der Waals surface area contributed by atoms with Crippen LogP contribution in [0.5, 0.6) is 0 Å². The number of amides is 1. The van der Waals surface area contributed by atoms with Gasteiger partial charge in [-0.05, 0) is 30.3 Å². The Kier molecular flexibility index (Phi) is 7.00. The number of carbonyl (C=O) groups is 2. The van der Waals surface area contributed by atoms with Crippen molar-refractivity contribution >= 4 is 61.4 Å². The number of nitrogens with one attached hydrogen (secondary N) is 1. The molecule has 0 aliphatic heterocycles. The van der Waals surface area contributed by atoms with E-state index in [9.17, 15) is 35.6 Å². The predicted octanol–water partition coefficient (Wildman–Crippen LogP) is 5.76. The van der Waals surface area contributed by atoms with Gasteiger partial charge in [-0.25, -0.2) is 17.5 Å². The predicted molar refractivity (Wildman–Crippen MR) is 132 cm³/mol. The van der Waals surface area contributed by atoms with Gasteiger partial charge in [0.05, 0.1) is 23.4 Å². The molecule has 0 fully saturated rings. The average molecular weight is 575 g/mol. The lowest BCUT2D eigenvalue weighted by atomic mass is 9.93. The molecule has 3 aromatic rings. The summed E-state index contributed by atoms with van der Waals surface area (Å²) >= 11 is 11.9. The first-order chi connectivity index (χ1) is 17.2. The van der Waals surface area contributed by atoms with E-state index in [4.69, 9.17) is 23.2 Å². The van der Waals surface area contributed by atoms with E-state index in [-0.39, 0.29) is 39.2 Å². The summed E-state index contributed by atoms with van der Waals surface area (Å²) in [4.78, 5) is 26.1. The number of halogens is 6. The van der Waals surface area contributed by atoms with E-state index in [1.165, 1.54) is 24.3 Å². The number of alkyl halides is 3. The lowest BCUT2D eigenvalue weighted by Gasteiger charge is -2.16. The second-order valence-corrected chi connectivity index (χ2v) is 10.8. The van der Waals surface area contributed by atoms with E-state index in [0.29, 0.717) is 12.1 Å². The number of hydrogen-bond acceptors (Lipinski definition) is 4. The van der Waals surface area contributed by atoms with Gasteiger partial charge in [0.15, 0.2) is 5.78 Å². The third-order valence-corrected chi connectivity index (χ3v) is 6.62. The summed E-state index contributed by atoms with van der Waals surface area (Å²) < 4.78 is 81.9. The quantitative estimate of drug-likeness (QED) is 0.393. The average Bonchev–Trinajstić information content (AvgIpc) is 3.08. The Bertz CT molecular complexity index is 1640. The molecule has 37 heavy (non-hydrogen) atoms. The highest BCUT2D eigenvalue weighted by Gasteiger charge is 2.34. The van der Waals surface area contributed by atoms with Gasteiger partial charge >= 0.3 is 6.18 Å². The fraction of sp³-hybridized carbons (Fsp3) is 0.167. The number of carbonyl (C=O) groups excluding carboxylic acids is 2. The van der Waals surface area contributed by atoms with Crippen molar-refractivity contribution in [1.29, 1.82) is 0 Å². The molecule has 1 heterocycles. The zero-order valence-corrected chi connectivity index (χ0v) is 21.1. The zero-order valence-electron chi connectivity index (χ0n) is 18.8. The minimum absolute atomic E-state index is 0.00600. The lowest BCUT2D eigenvalue weighted by Crippen LogP contribution is -2.32. The molecule has 0 bridgehead atoms. The van der Waals surface area contributed by atoms with Crippen molar-refractivity contribution in [2.24, 2.45) is 0 Å². The molecule has 1 aliphatic rings. The summed E-state index contributed by atoms with van der Waals surface area (Å²) in [7, 11) is -4.11. The summed E-state index contributed by atoms with van der Waals surface area (Å²) in [5, 5.41) is -0.352. The van der Waals surface area contributed by atoms with E-state index in [2.05, 4.69) is 0 Å². The molecule has 0 saturated heterocycles. The third-order valence-electron chi connectivity index (χ3n) is 5.55. The Labute approximate surface area is 218 Å². The van der Waals surface area contributed by atoms with Gasteiger partial charge in [-0.3, -0.25) is 9.59 Å². The summed E-state index contributed by atoms with van der Waals surface area (Å²) in [6, 6.07) is 5.26. The fourth-order valence-corrected chi connectivity index (χ4v) is 4.92. The van der Waals surface area contributed by atoms with Crippen LogP contribution in [0.4, 0.5) is 17.6 Å². The number of nitrogens with zero attached hydrogens (tertiary/aromatic N) is 1. The molecule has 4 rings (SSSR count). The number of benzene rings is 2. The molecule has 1 aliphatic carbocycles. The first-order valence-electron chi connectivity index (χ1n) is 10.5. The molecular weight excluding hydrogens is 559 g/mol. The SMILES string of the molecule is CS(=O)(=O)NC(=O)c1c(C2=CC=CCC2=O)c2cc(Cl)ccc2n1Cc1cc(C(F)(F)F)cc(Cl)c1F. The Balaban J connectivity index is 2.07. The van der Waals surface area contributed by atoms with Gasteiger partial charge in [0, 0.05) is 39.0 Å². The highest BCUT2D eigenvalue weighted by Crippen LogP contribution is 2.38. The Morgan fingerprint density at radius 1 is 1.16 bits per heavy atom. The molecule has 194 valence electrons. The van der Waals surface area contributed by atoms with E-state index in [1.807, 2.05) is 4.72 Å². The number of allylic oxidation sites excluding steroid dienone is 4. The van der Waals surface area contributed by atoms with Crippen LogP contribution in [0.25, 0.3) is 16.5 Å². The maximum absolute atomic E-state index is 14.9. The second-order valence-electron chi connectivity index (χ2n) is 8.24. The van der Waals surface area contributed by atoms with Crippen molar-refractivity contribution in [3.63, 3.8) is 0 Å². The van der Waals surface area contributed by atoms with Crippen molar-refractivity contribution in [2.45, 2.75) is 19.1 Å². The van der Waals surface area contributed by atoms with Gasteiger partial charge in [-0.1, -0.05) is 41.4 Å². The summed E-state index contributed by atoms with van der Waals surface area (Å²) in [5.74, 6) is -2.73. The first-order valence-corrected chi connectivity index (χ1v) is 13.1. The van der Waals surface area contributed by atoms with Crippen LogP contribution in [0.15, 0.2) is 48.6 Å². The Hall–Kier alpha value is -3.15. The Morgan fingerprint density at radius 2 is 1.86 bits per heavy atom. The Morgan fingerprint density at radius 3 is 2.49 bits per heavy atom. The monoisotopic (exact) mass is 574 g/mol. The van der Waals surface area contributed by atoms with Crippen molar-refractivity contribution in [3.8, 4) is 0 Å². The van der Waals surface area contributed by atoms with Crippen molar-refractivity contribution in [3.05, 3.63) is 86.8 Å². The fourth-order valence-electron chi connectivity index (χ4n) is 4.08. The van der Waals surface area contributed by atoms with Gasteiger partial charge in [-0.15, -0.1) is 0 Å². The number of sulfonamides is 1. The third kappa shape index (κ3) is 5.43. The van der Waals surface area contributed by atoms with Crippen LogP contribution in [0.3, 0.4) is 0 Å². The normalized spacial score (nSPS) is 14.2. The highest BCUT2D eigenvalue weighted by atomic mass is 35.5. The number of hydrogen-bond donors (Lipinski definition) is 1. The molecule has 1 amide bonds. The summed E-state index contributed by atoms with van der Waals surface area (Å²) in [6.45, 7) is -0.655. The van der Waals surface area contributed by atoms with E-state index in [1.54, 1.807) is 12.2 Å². The van der Waals surface area contributed by atoms with Crippen molar-refractivity contribution in [1.82, 2.24) is 9.29 Å². The molecule has 0 spiro atoms. The maximum Gasteiger partial charge on any atom is 0.416 e. The van der Waals surface area contributed by atoms with Crippen LogP contribution >= 0.6 is 23.2 Å². The number of aromatic nitrogens is 1. The standard InChI is InChI=1S/C24H16Cl2F4N2O4S/c1-37(35,36)31-23(34)22-20(15-4-2-3-5-19(15)33)16-10-14(25)6-7-18(16)32(22)11-12-8-13(24(28,29)30)9-17(26)21(12)27/h2-4,6-10H,5,11H2,1H3,(H,31,34). The summed E-state index contributed by atoms with van der Waals surface area (Å²) in [6.07, 6.45) is 0.443. The minimum atomic E-state index is -4.84. The summed E-state index contributed by atoms with van der Waals surface area (Å²) in [5.41, 5.74) is -1.87. The molecule has 2 aromatic carbocycles. The zero-order chi connectivity index (χ0) is 27.3. The number of fused-ring (bicyclic) bond motifs is 1. The van der Waals surface area contributed by atoms with Gasteiger partial charge < -0.3 is 4.57 Å². The van der Waals surface area contributed by atoms with E-state index in [0.717, 1.165) is 10.8 Å². The first kappa shape index (κ1) is 26.9. The lowest BCUT2D eigenvalue weighted by molar-refractivity contribution is -0.137. The molecule has 0 saturated carbocycles. The molecule has 13 heteroatoms. The van der Waals surface area contributed by atoms with Crippen molar-refractivity contribution < 1.29 is 35.6 Å². The highest BCUT2D eigenvalue weighted by molar-refractivity contribution is 7.89. The van der Waals surface area contributed by atoms with Crippen LogP contribution in [0.2, 0.25) is 10.0 Å². The molecule has 6 nitrogen and oxygen atoms in total. The number of ketones is 1. The molecule has 0 radical (unpaired) electrons. The van der Waals surface area contributed by atoms with Gasteiger partial charge in [0.2, 0.25) is 10.0 Å². The number of Topliss-reactive ketones (excluding diaryl/α,β-unsaturated/α-hetero) is 1. The van der Waals surface area contributed by atoms with Gasteiger partial charge in [0.25, 0.3) is 5.91 Å². The maximum atomic E-state index is 14.9. The van der Waals surface area contributed by atoms with E-state index >= 15 is 0 Å². The van der Waals surface area contributed by atoms with Crippen LogP contribution < -0.4 is 4.72 Å². The van der Waals surface area contributed by atoms with Crippen LogP contribution in [-0.4, -0.2) is 30.9 Å². The van der Waals surface area contributed by atoms with Crippen LogP contribution in [-0.2, 0) is 27.5 Å². The number of rotatable bonds is 5. The largest absolute Gasteiger partial charge is 0.416 e. The molecule has 1 aromatic heterocycles.